The smallest absolute Gasteiger partial charge is 0.408 e. The summed E-state index contributed by atoms with van der Waals surface area (Å²) in [7, 11) is 0. The lowest BCUT2D eigenvalue weighted by Gasteiger charge is -2.09. The molecule has 2 N–H and O–H groups in total. The predicted molar refractivity (Wildman–Crippen MR) is 108 cm³/mol. The SMILES string of the molecule is O=c1[nH]c2ccc(Nc3ncnc4c3ccn4Cc3ccc(F)cc3Cl)cc2o1. The Morgan fingerprint density at radius 2 is 2.07 bits per heavy atom. The van der Waals surface area contributed by atoms with Gasteiger partial charge < -0.3 is 14.3 Å². The van der Waals surface area contributed by atoms with Crippen molar-refractivity contribution in [2.45, 2.75) is 6.54 Å². The summed E-state index contributed by atoms with van der Waals surface area (Å²) in [6.45, 7) is 0.444. The molecule has 2 aromatic carbocycles. The lowest BCUT2D eigenvalue weighted by Crippen LogP contribution is -2.01. The molecular formula is C20H13ClFN5O2. The Bertz CT molecular complexity index is 1420. The van der Waals surface area contributed by atoms with E-state index in [1.807, 2.05) is 22.9 Å². The molecule has 0 aliphatic heterocycles. The highest BCUT2D eigenvalue weighted by Gasteiger charge is 2.11. The number of benzene rings is 2. The van der Waals surface area contributed by atoms with Crippen LogP contribution >= 0.6 is 11.6 Å². The van der Waals surface area contributed by atoms with E-state index in [0.29, 0.717) is 34.1 Å². The molecule has 0 saturated carbocycles. The highest BCUT2D eigenvalue weighted by atomic mass is 35.5. The van der Waals surface area contributed by atoms with E-state index < -0.39 is 5.76 Å². The van der Waals surface area contributed by atoms with Gasteiger partial charge in [-0.25, -0.2) is 19.2 Å². The second-order valence-corrected chi connectivity index (χ2v) is 6.90. The van der Waals surface area contributed by atoms with E-state index in [1.54, 1.807) is 18.2 Å². The molecule has 0 radical (unpaired) electrons. The molecule has 0 bridgehead atoms. The second-order valence-electron chi connectivity index (χ2n) is 6.49. The van der Waals surface area contributed by atoms with E-state index >= 15 is 0 Å². The topological polar surface area (TPSA) is 88.7 Å². The van der Waals surface area contributed by atoms with Crippen molar-refractivity contribution >= 4 is 45.2 Å². The summed E-state index contributed by atoms with van der Waals surface area (Å²) in [5.41, 5.74) is 3.28. The van der Waals surface area contributed by atoms with E-state index in [2.05, 4.69) is 20.3 Å². The average Bonchev–Trinajstić information content (AvgIpc) is 3.27. The van der Waals surface area contributed by atoms with Gasteiger partial charge in [-0.2, -0.15) is 0 Å². The quantitative estimate of drug-likeness (QED) is 0.457. The Labute approximate surface area is 167 Å². The van der Waals surface area contributed by atoms with Crippen LogP contribution in [-0.4, -0.2) is 19.5 Å². The minimum Gasteiger partial charge on any atom is -0.408 e. The molecule has 0 amide bonds. The number of hydrogen-bond donors (Lipinski definition) is 2. The molecule has 3 aromatic heterocycles. The first kappa shape index (κ1) is 17.4. The largest absolute Gasteiger partial charge is 0.417 e. The molecule has 0 fully saturated rings. The van der Waals surface area contributed by atoms with Gasteiger partial charge in [0, 0.05) is 23.0 Å². The number of halogens is 2. The van der Waals surface area contributed by atoms with Crippen molar-refractivity contribution in [2.75, 3.05) is 5.32 Å². The zero-order chi connectivity index (χ0) is 20.0. The van der Waals surface area contributed by atoms with Crippen molar-refractivity contribution in [3.8, 4) is 0 Å². The van der Waals surface area contributed by atoms with Crippen molar-refractivity contribution in [1.82, 2.24) is 19.5 Å². The third-order valence-electron chi connectivity index (χ3n) is 4.60. The molecule has 0 atom stereocenters. The van der Waals surface area contributed by atoms with Crippen LogP contribution in [0.4, 0.5) is 15.9 Å². The van der Waals surface area contributed by atoms with Crippen molar-refractivity contribution in [2.24, 2.45) is 0 Å². The Kier molecular flexibility index (Phi) is 4.06. The van der Waals surface area contributed by atoms with Crippen LogP contribution in [0.5, 0.6) is 0 Å². The molecule has 29 heavy (non-hydrogen) atoms. The fourth-order valence-electron chi connectivity index (χ4n) is 3.22. The van der Waals surface area contributed by atoms with Gasteiger partial charge in [0.2, 0.25) is 0 Å². The number of H-pyrrole nitrogens is 1. The maximum absolute atomic E-state index is 13.3. The van der Waals surface area contributed by atoms with Crippen molar-refractivity contribution < 1.29 is 8.81 Å². The number of anilines is 2. The zero-order valence-corrected chi connectivity index (χ0v) is 15.6. The van der Waals surface area contributed by atoms with Gasteiger partial charge in [0.1, 0.15) is 23.6 Å². The first-order valence-electron chi connectivity index (χ1n) is 8.70. The van der Waals surface area contributed by atoms with Gasteiger partial charge in [0.25, 0.3) is 0 Å². The summed E-state index contributed by atoms with van der Waals surface area (Å²) in [6, 6.07) is 11.5. The van der Waals surface area contributed by atoms with Crippen molar-refractivity contribution in [3.63, 3.8) is 0 Å². The summed E-state index contributed by atoms with van der Waals surface area (Å²) in [6.07, 6.45) is 3.33. The minimum absolute atomic E-state index is 0.362. The van der Waals surface area contributed by atoms with Crippen LogP contribution in [0.15, 0.2) is 64.2 Å². The predicted octanol–water partition coefficient (Wildman–Crippen LogP) is 4.45. The number of nitrogens with zero attached hydrogens (tertiary/aromatic N) is 3. The maximum atomic E-state index is 13.3. The summed E-state index contributed by atoms with van der Waals surface area (Å²) in [4.78, 5) is 22.6. The molecular weight excluding hydrogens is 397 g/mol. The summed E-state index contributed by atoms with van der Waals surface area (Å²) < 4.78 is 20.3. The number of oxazole rings is 1. The van der Waals surface area contributed by atoms with Crippen LogP contribution < -0.4 is 11.1 Å². The molecule has 5 aromatic rings. The van der Waals surface area contributed by atoms with Crippen LogP contribution in [0.1, 0.15) is 5.56 Å². The highest BCUT2D eigenvalue weighted by molar-refractivity contribution is 6.31. The molecule has 3 heterocycles. The highest BCUT2D eigenvalue weighted by Crippen LogP contribution is 2.27. The van der Waals surface area contributed by atoms with Gasteiger partial charge in [0.05, 0.1) is 17.4 Å². The van der Waals surface area contributed by atoms with Crippen LogP contribution in [0.25, 0.3) is 22.1 Å². The third-order valence-corrected chi connectivity index (χ3v) is 4.95. The Hall–Kier alpha value is -3.65. The van der Waals surface area contributed by atoms with E-state index in [9.17, 15) is 9.18 Å². The number of rotatable bonds is 4. The molecule has 0 unspecified atom stereocenters. The summed E-state index contributed by atoms with van der Waals surface area (Å²) >= 11 is 6.15. The maximum Gasteiger partial charge on any atom is 0.417 e. The van der Waals surface area contributed by atoms with Gasteiger partial charge in [-0.05, 0) is 35.9 Å². The number of aromatic nitrogens is 4. The van der Waals surface area contributed by atoms with Crippen molar-refractivity contribution in [1.29, 1.82) is 0 Å². The van der Waals surface area contributed by atoms with E-state index in [-0.39, 0.29) is 5.82 Å². The zero-order valence-electron chi connectivity index (χ0n) is 14.8. The number of aromatic amines is 1. The number of nitrogens with one attached hydrogen (secondary N) is 2. The monoisotopic (exact) mass is 409 g/mol. The van der Waals surface area contributed by atoms with Gasteiger partial charge in [-0.15, -0.1) is 0 Å². The summed E-state index contributed by atoms with van der Waals surface area (Å²) in [5.74, 6) is -0.269. The molecule has 9 heteroatoms. The van der Waals surface area contributed by atoms with Gasteiger partial charge in [-0.1, -0.05) is 17.7 Å². The van der Waals surface area contributed by atoms with Crippen LogP contribution in [0.2, 0.25) is 5.02 Å². The van der Waals surface area contributed by atoms with E-state index in [4.69, 9.17) is 16.0 Å². The summed E-state index contributed by atoms with van der Waals surface area (Å²) in [5, 5.41) is 4.40. The lowest BCUT2D eigenvalue weighted by atomic mass is 10.2. The minimum atomic E-state index is -0.502. The van der Waals surface area contributed by atoms with Gasteiger partial charge in [-0.3, -0.25) is 4.98 Å². The van der Waals surface area contributed by atoms with Crippen molar-refractivity contribution in [3.05, 3.63) is 81.9 Å². The van der Waals surface area contributed by atoms with Crippen LogP contribution in [-0.2, 0) is 6.54 Å². The number of fused-ring (bicyclic) bond motifs is 2. The Morgan fingerprint density at radius 1 is 1.17 bits per heavy atom. The first-order valence-corrected chi connectivity index (χ1v) is 9.08. The molecule has 144 valence electrons. The molecule has 7 nitrogen and oxygen atoms in total. The first-order chi connectivity index (χ1) is 14.1. The molecule has 0 aliphatic carbocycles. The van der Waals surface area contributed by atoms with Crippen LogP contribution in [0, 0.1) is 5.82 Å². The van der Waals surface area contributed by atoms with Gasteiger partial charge >= 0.3 is 5.76 Å². The van der Waals surface area contributed by atoms with E-state index in [0.717, 1.165) is 16.6 Å². The average molecular weight is 410 g/mol. The van der Waals surface area contributed by atoms with Gasteiger partial charge in [0.15, 0.2) is 5.58 Å². The Balaban J connectivity index is 1.49. The number of hydrogen-bond acceptors (Lipinski definition) is 5. The fourth-order valence-corrected chi connectivity index (χ4v) is 3.45. The lowest BCUT2D eigenvalue weighted by molar-refractivity contribution is 0.555. The van der Waals surface area contributed by atoms with E-state index in [1.165, 1.54) is 18.5 Å². The molecule has 5 rings (SSSR count). The standard InChI is InChI=1S/C20H13ClFN5O2/c21-15-7-12(22)2-1-11(15)9-27-6-5-14-18(23-10-24-19(14)27)25-13-3-4-16-17(8-13)29-20(28)26-16/h1-8,10H,9H2,(H,26,28)(H,23,24,25). The van der Waals surface area contributed by atoms with Crippen LogP contribution in [0.3, 0.4) is 0 Å². The normalized spacial score (nSPS) is 11.4. The fraction of sp³-hybridized carbons (Fsp3) is 0.0500. The third kappa shape index (κ3) is 3.23. The molecule has 0 aliphatic rings. The molecule has 0 spiro atoms. The Morgan fingerprint density at radius 3 is 2.93 bits per heavy atom. The second kappa shape index (κ2) is 6.75. The molecule has 0 saturated heterocycles.